The number of nitro benzene ring substituents is 1. The second-order valence-corrected chi connectivity index (χ2v) is 5.66. The quantitative estimate of drug-likeness (QED) is 0.651. The largest absolute Gasteiger partial charge is 0.334 e. The molecule has 2 N–H and O–H groups in total. The molecule has 8 heteroatoms. The molecule has 0 saturated heterocycles. The second kappa shape index (κ2) is 5.90. The van der Waals surface area contributed by atoms with Crippen LogP contribution in [0.25, 0.3) is 11.5 Å². The molecule has 0 radical (unpaired) electrons. The average Bonchev–Trinajstić information content (AvgIpc) is 2.96. The number of nitro groups is 1. The molecule has 2 aromatic rings. The first kappa shape index (κ1) is 15.6. The molecule has 7 nitrogen and oxygen atoms in total. The number of benzene rings is 1. The number of halogens is 1. The topological polar surface area (TPSA) is 108 Å². The fraction of sp³-hybridized carbons (Fsp3) is 0.385. The average molecular weight is 355 g/mol. The third kappa shape index (κ3) is 3.11. The van der Waals surface area contributed by atoms with Crippen LogP contribution in [-0.4, -0.2) is 15.1 Å². The number of hydrogen-bond donors (Lipinski definition) is 1. The summed E-state index contributed by atoms with van der Waals surface area (Å²) in [7, 11) is 0. The van der Waals surface area contributed by atoms with Crippen molar-refractivity contribution < 1.29 is 9.45 Å². The lowest BCUT2D eigenvalue weighted by molar-refractivity contribution is -0.384. The lowest BCUT2D eigenvalue weighted by Crippen LogP contribution is -2.36. The van der Waals surface area contributed by atoms with Crippen LogP contribution in [0, 0.1) is 10.1 Å². The van der Waals surface area contributed by atoms with Crippen LogP contribution in [0.15, 0.2) is 27.2 Å². The number of hydrogen-bond acceptors (Lipinski definition) is 6. The molecule has 0 aliphatic rings. The molecule has 0 aliphatic heterocycles. The van der Waals surface area contributed by atoms with Gasteiger partial charge >= 0.3 is 0 Å². The highest BCUT2D eigenvalue weighted by atomic mass is 79.9. The number of nitrogens with two attached hydrogens (primary N) is 1. The highest BCUT2D eigenvalue weighted by Crippen LogP contribution is 2.30. The van der Waals surface area contributed by atoms with Crippen LogP contribution in [0.5, 0.6) is 0 Å². The molecule has 0 amide bonds. The lowest BCUT2D eigenvalue weighted by atomic mass is 9.93. The maximum absolute atomic E-state index is 10.9. The number of aromatic nitrogens is 2. The maximum Gasteiger partial charge on any atom is 0.271 e. The third-order valence-corrected chi connectivity index (χ3v) is 3.93. The minimum Gasteiger partial charge on any atom is -0.334 e. The smallest absolute Gasteiger partial charge is 0.271 e. The summed E-state index contributed by atoms with van der Waals surface area (Å²) in [6.45, 7) is 3.90. The van der Waals surface area contributed by atoms with Crippen molar-refractivity contribution >= 4 is 21.6 Å². The van der Waals surface area contributed by atoms with E-state index in [0.717, 1.165) is 0 Å². The van der Waals surface area contributed by atoms with E-state index in [9.17, 15) is 10.1 Å². The Morgan fingerprint density at radius 2 is 2.05 bits per heavy atom. The van der Waals surface area contributed by atoms with Crippen molar-refractivity contribution in [2.75, 3.05) is 0 Å². The van der Waals surface area contributed by atoms with E-state index in [-0.39, 0.29) is 11.6 Å². The Morgan fingerprint density at radius 3 is 2.62 bits per heavy atom. The van der Waals surface area contributed by atoms with E-state index in [4.69, 9.17) is 10.3 Å². The van der Waals surface area contributed by atoms with Crippen molar-refractivity contribution in [1.82, 2.24) is 10.1 Å². The van der Waals surface area contributed by atoms with Crippen molar-refractivity contribution in [2.24, 2.45) is 5.73 Å². The summed E-state index contributed by atoms with van der Waals surface area (Å²) in [4.78, 5) is 14.7. The number of non-ortho nitro benzene ring substituents is 1. The fourth-order valence-corrected chi connectivity index (χ4v) is 2.39. The highest BCUT2D eigenvalue weighted by molar-refractivity contribution is 9.10. The number of rotatable bonds is 5. The minimum absolute atomic E-state index is 0.0517. The van der Waals surface area contributed by atoms with E-state index >= 15 is 0 Å². The maximum atomic E-state index is 10.9. The Labute approximate surface area is 129 Å². The Bertz CT molecular complexity index is 667. The number of nitrogens with zero attached hydrogens (tertiary/aromatic N) is 3. The zero-order chi connectivity index (χ0) is 15.6. The SMILES string of the molecule is CCC(N)(CC)c1noc(-c2cc(Br)cc([N+](=O)[O-])c2)n1. The van der Waals surface area contributed by atoms with E-state index in [2.05, 4.69) is 26.1 Å². The summed E-state index contributed by atoms with van der Waals surface area (Å²) in [5, 5.41) is 14.8. The summed E-state index contributed by atoms with van der Waals surface area (Å²) in [6, 6.07) is 4.48. The predicted molar refractivity (Wildman–Crippen MR) is 80.5 cm³/mol. The highest BCUT2D eigenvalue weighted by Gasteiger charge is 2.29. The molecule has 0 aliphatic carbocycles. The molecule has 1 aromatic heterocycles. The molecule has 0 atom stereocenters. The van der Waals surface area contributed by atoms with Crippen LogP contribution in [0.1, 0.15) is 32.5 Å². The molecule has 0 unspecified atom stereocenters. The lowest BCUT2D eigenvalue weighted by Gasteiger charge is -2.21. The van der Waals surface area contributed by atoms with Gasteiger partial charge < -0.3 is 10.3 Å². The van der Waals surface area contributed by atoms with Gasteiger partial charge in [-0.1, -0.05) is 34.9 Å². The second-order valence-electron chi connectivity index (χ2n) is 4.74. The van der Waals surface area contributed by atoms with E-state index in [1.54, 1.807) is 6.07 Å². The summed E-state index contributed by atoms with van der Waals surface area (Å²) in [6.07, 6.45) is 1.34. The summed E-state index contributed by atoms with van der Waals surface area (Å²) < 4.78 is 5.77. The van der Waals surface area contributed by atoms with Gasteiger partial charge in [-0.25, -0.2) is 0 Å². The Kier molecular flexibility index (Phi) is 4.38. The molecule has 0 spiro atoms. The third-order valence-electron chi connectivity index (χ3n) is 3.47. The first-order valence-electron chi connectivity index (χ1n) is 6.48. The zero-order valence-electron chi connectivity index (χ0n) is 11.7. The van der Waals surface area contributed by atoms with Gasteiger partial charge in [0.2, 0.25) is 0 Å². The predicted octanol–water partition coefficient (Wildman–Crippen LogP) is 3.38. The molecular formula is C13H15BrN4O3. The zero-order valence-corrected chi connectivity index (χ0v) is 13.3. The van der Waals surface area contributed by atoms with Crippen LogP contribution in [-0.2, 0) is 5.54 Å². The van der Waals surface area contributed by atoms with Crippen molar-refractivity contribution in [3.05, 3.63) is 38.6 Å². The summed E-state index contributed by atoms with van der Waals surface area (Å²) in [5.41, 5.74) is 5.99. The molecule has 0 fully saturated rings. The Balaban J connectivity index is 2.45. The standard InChI is InChI=1S/C13H15BrN4O3/c1-3-13(15,4-2)12-16-11(21-17-12)8-5-9(14)7-10(6-8)18(19)20/h5-7H,3-4,15H2,1-2H3. The molecule has 112 valence electrons. The molecule has 0 bridgehead atoms. The molecule has 1 aromatic carbocycles. The van der Waals surface area contributed by atoms with Gasteiger partial charge in [0, 0.05) is 22.2 Å². The van der Waals surface area contributed by atoms with Crippen molar-refractivity contribution in [1.29, 1.82) is 0 Å². The van der Waals surface area contributed by atoms with Crippen LogP contribution in [0.2, 0.25) is 0 Å². The van der Waals surface area contributed by atoms with Gasteiger partial charge in [0.15, 0.2) is 5.82 Å². The molecule has 2 rings (SSSR count). The minimum atomic E-state index is -0.653. The summed E-state index contributed by atoms with van der Waals surface area (Å²) in [5.74, 6) is 0.622. The van der Waals surface area contributed by atoms with Gasteiger partial charge in [-0.3, -0.25) is 10.1 Å². The van der Waals surface area contributed by atoms with Crippen LogP contribution in [0.3, 0.4) is 0 Å². The summed E-state index contributed by atoms with van der Waals surface area (Å²) >= 11 is 3.23. The van der Waals surface area contributed by atoms with Gasteiger partial charge in [0.05, 0.1) is 10.5 Å². The van der Waals surface area contributed by atoms with E-state index < -0.39 is 10.5 Å². The van der Waals surface area contributed by atoms with Gasteiger partial charge in [-0.05, 0) is 18.9 Å². The van der Waals surface area contributed by atoms with Gasteiger partial charge in [-0.2, -0.15) is 4.98 Å². The van der Waals surface area contributed by atoms with Crippen LogP contribution in [0.4, 0.5) is 5.69 Å². The van der Waals surface area contributed by atoms with Crippen LogP contribution < -0.4 is 5.73 Å². The van der Waals surface area contributed by atoms with Crippen molar-refractivity contribution in [2.45, 2.75) is 32.2 Å². The molecule has 21 heavy (non-hydrogen) atoms. The van der Waals surface area contributed by atoms with Gasteiger partial charge in [0.1, 0.15) is 0 Å². The van der Waals surface area contributed by atoms with Crippen LogP contribution >= 0.6 is 15.9 Å². The Morgan fingerprint density at radius 1 is 1.38 bits per heavy atom. The van der Waals surface area contributed by atoms with Crippen molar-refractivity contribution in [3.63, 3.8) is 0 Å². The first-order valence-corrected chi connectivity index (χ1v) is 7.27. The first-order chi connectivity index (χ1) is 9.89. The van der Waals surface area contributed by atoms with Gasteiger partial charge in [0.25, 0.3) is 11.6 Å². The molecule has 0 saturated carbocycles. The van der Waals surface area contributed by atoms with Gasteiger partial charge in [-0.15, -0.1) is 0 Å². The van der Waals surface area contributed by atoms with E-state index in [1.807, 2.05) is 13.8 Å². The fourth-order valence-electron chi connectivity index (χ4n) is 1.91. The van der Waals surface area contributed by atoms with E-state index in [1.165, 1.54) is 12.1 Å². The van der Waals surface area contributed by atoms with Crippen molar-refractivity contribution in [3.8, 4) is 11.5 Å². The molecule has 1 heterocycles. The Hall–Kier alpha value is -1.80. The normalized spacial score (nSPS) is 11.6. The monoisotopic (exact) mass is 354 g/mol. The van der Waals surface area contributed by atoms with E-state index in [0.29, 0.717) is 28.7 Å². The molecular weight excluding hydrogens is 340 g/mol.